The topological polar surface area (TPSA) is 69.6 Å². The highest BCUT2D eigenvalue weighted by molar-refractivity contribution is 5.90. The number of carboxylic acids is 1. The zero-order valence-corrected chi connectivity index (χ0v) is 11.8. The molecule has 1 aromatic rings. The summed E-state index contributed by atoms with van der Waals surface area (Å²) in [6.45, 7) is 4.17. The van der Waals surface area contributed by atoms with Gasteiger partial charge in [0.1, 0.15) is 0 Å². The molecule has 1 saturated carbocycles. The highest BCUT2D eigenvalue weighted by atomic mass is 16.4. The van der Waals surface area contributed by atoms with Crippen LogP contribution in [0.25, 0.3) is 0 Å². The molecule has 0 bridgehead atoms. The molecule has 2 amide bonds. The van der Waals surface area contributed by atoms with Crippen LogP contribution < -0.4 is 5.32 Å². The lowest BCUT2D eigenvalue weighted by atomic mass is 10.1. The van der Waals surface area contributed by atoms with Crippen molar-refractivity contribution in [3.8, 4) is 0 Å². The Hall–Kier alpha value is -2.04. The van der Waals surface area contributed by atoms with Crippen molar-refractivity contribution in [1.82, 2.24) is 4.90 Å². The van der Waals surface area contributed by atoms with Gasteiger partial charge in [-0.3, -0.25) is 4.79 Å². The maximum Gasteiger partial charge on any atom is 0.322 e. The second-order valence-corrected chi connectivity index (χ2v) is 5.32. The Morgan fingerprint density at radius 2 is 2.05 bits per heavy atom. The first-order valence-corrected chi connectivity index (χ1v) is 6.84. The van der Waals surface area contributed by atoms with Crippen LogP contribution >= 0.6 is 0 Å². The average Bonchev–Trinajstić information content (AvgIpc) is 3.18. The lowest BCUT2D eigenvalue weighted by Gasteiger charge is -2.22. The predicted octanol–water partition coefficient (Wildman–Crippen LogP) is 2.77. The van der Waals surface area contributed by atoms with Gasteiger partial charge < -0.3 is 15.3 Å². The molecular formula is C15H20N2O3. The first-order chi connectivity index (χ1) is 9.47. The van der Waals surface area contributed by atoms with Gasteiger partial charge in [-0.2, -0.15) is 0 Å². The van der Waals surface area contributed by atoms with Gasteiger partial charge in [0.2, 0.25) is 0 Å². The molecule has 108 valence electrons. The van der Waals surface area contributed by atoms with E-state index in [9.17, 15) is 9.59 Å². The van der Waals surface area contributed by atoms with Gasteiger partial charge in [-0.15, -0.1) is 0 Å². The maximum absolute atomic E-state index is 12.3. The lowest BCUT2D eigenvalue weighted by Crippen LogP contribution is -2.38. The third-order valence-electron chi connectivity index (χ3n) is 3.45. The van der Waals surface area contributed by atoms with E-state index in [1.54, 1.807) is 4.90 Å². The van der Waals surface area contributed by atoms with E-state index in [0.29, 0.717) is 0 Å². The highest BCUT2D eigenvalue weighted by Crippen LogP contribution is 2.28. The summed E-state index contributed by atoms with van der Waals surface area (Å²) >= 11 is 0. The summed E-state index contributed by atoms with van der Waals surface area (Å²) < 4.78 is 0. The smallest absolute Gasteiger partial charge is 0.322 e. The summed E-state index contributed by atoms with van der Waals surface area (Å²) in [7, 11) is 0. The minimum absolute atomic E-state index is 0.0171. The molecule has 1 fully saturated rings. The van der Waals surface area contributed by atoms with Crippen LogP contribution in [0.15, 0.2) is 18.2 Å². The number of nitrogens with zero attached hydrogens (tertiary/aromatic N) is 1. The number of carbonyl (C=O) groups is 2. The minimum atomic E-state index is -0.879. The number of hydrogen-bond donors (Lipinski definition) is 2. The summed E-state index contributed by atoms with van der Waals surface area (Å²) in [4.78, 5) is 24.6. The van der Waals surface area contributed by atoms with Gasteiger partial charge in [0.05, 0.1) is 6.42 Å². The van der Waals surface area contributed by atoms with Crippen molar-refractivity contribution < 1.29 is 14.7 Å². The number of urea groups is 1. The highest BCUT2D eigenvalue weighted by Gasteiger charge is 2.32. The van der Waals surface area contributed by atoms with Gasteiger partial charge in [-0.1, -0.05) is 12.1 Å². The third-order valence-corrected chi connectivity index (χ3v) is 3.45. The van der Waals surface area contributed by atoms with Gasteiger partial charge >= 0.3 is 12.0 Å². The number of aliphatic carboxylic acids is 1. The Morgan fingerprint density at radius 3 is 2.65 bits per heavy atom. The van der Waals surface area contributed by atoms with Crippen molar-refractivity contribution in [2.24, 2.45) is 0 Å². The Morgan fingerprint density at radius 1 is 1.35 bits per heavy atom. The summed E-state index contributed by atoms with van der Waals surface area (Å²) in [5, 5.41) is 11.6. The van der Waals surface area contributed by atoms with Gasteiger partial charge in [-0.25, -0.2) is 4.79 Å². The second-order valence-electron chi connectivity index (χ2n) is 5.32. The van der Waals surface area contributed by atoms with Crippen LogP contribution in [-0.4, -0.2) is 34.6 Å². The van der Waals surface area contributed by atoms with E-state index in [1.165, 1.54) is 0 Å². The lowest BCUT2D eigenvalue weighted by molar-refractivity contribution is -0.137. The molecule has 1 aliphatic rings. The molecule has 0 atom stereocenters. The van der Waals surface area contributed by atoms with Crippen molar-refractivity contribution in [1.29, 1.82) is 0 Å². The summed E-state index contributed by atoms with van der Waals surface area (Å²) in [6, 6.07) is 5.87. The fourth-order valence-corrected chi connectivity index (χ4v) is 2.11. The van der Waals surface area contributed by atoms with Gasteiger partial charge in [0.25, 0.3) is 0 Å². The van der Waals surface area contributed by atoms with Gasteiger partial charge in [-0.05, 0) is 43.9 Å². The van der Waals surface area contributed by atoms with E-state index in [-0.39, 0.29) is 25.0 Å². The van der Waals surface area contributed by atoms with E-state index in [0.717, 1.165) is 29.7 Å². The Bertz CT molecular complexity index is 524. The number of benzene rings is 1. The van der Waals surface area contributed by atoms with Crippen LogP contribution in [-0.2, 0) is 4.79 Å². The summed E-state index contributed by atoms with van der Waals surface area (Å²) in [5.41, 5.74) is 2.86. The number of aryl methyl sites for hydroxylation is 2. The quantitative estimate of drug-likeness (QED) is 0.868. The number of amides is 2. The molecule has 0 saturated heterocycles. The van der Waals surface area contributed by atoms with E-state index in [2.05, 4.69) is 5.32 Å². The van der Waals surface area contributed by atoms with E-state index >= 15 is 0 Å². The molecule has 1 aliphatic carbocycles. The number of rotatable bonds is 5. The number of hydrogen-bond acceptors (Lipinski definition) is 2. The first kappa shape index (κ1) is 14.4. The van der Waals surface area contributed by atoms with Crippen LogP contribution in [0, 0.1) is 13.8 Å². The van der Waals surface area contributed by atoms with Crippen molar-refractivity contribution in [2.75, 3.05) is 11.9 Å². The van der Waals surface area contributed by atoms with Crippen LogP contribution in [0.1, 0.15) is 30.4 Å². The van der Waals surface area contributed by atoms with E-state index in [4.69, 9.17) is 5.11 Å². The van der Waals surface area contributed by atoms with Crippen LogP contribution in [0.3, 0.4) is 0 Å². The Labute approximate surface area is 118 Å². The molecule has 1 aromatic carbocycles. The average molecular weight is 276 g/mol. The molecule has 0 radical (unpaired) electrons. The van der Waals surface area contributed by atoms with E-state index in [1.807, 2.05) is 32.0 Å². The van der Waals surface area contributed by atoms with Crippen molar-refractivity contribution >= 4 is 17.7 Å². The molecule has 2 rings (SSSR count). The standard InChI is InChI=1S/C15H20N2O3/c1-10-3-4-11(2)13(9-10)16-15(20)17(12-5-6-12)8-7-14(18)19/h3-4,9,12H,5-8H2,1-2H3,(H,16,20)(H,18,19). The third kappa shape index (κ3) is 3.73. The number of nitrogens with one attached hydrogen (secondary N) is 1. The largest absolute Gasteiger partial charge is 0.481 e. The fourth-order valence-electron chi connectivity index (χ4n) is 2.11. The predicted molar refractivity (Wildman–Crippen MR) is 76.9 cm³/mol. The molecule has 5 nitrogen and oxygen atoms in total. The van der Waals surface area contributed by atoms with E-state index < -0.39 is 5.97 Å². The SMILES string of the molecule is Cc1ccc(C)c(NC(=O)N(CCC(=O)O)C2CC2)c1. The molecule has 0 aliphatic heterocycles. The number of anilines is 1. The van der Waals surface area contributed by atoms with Crippen molar-refractivity contribution in [3.63, 3.8) is 0 Å². The summed E-state index contributed by atoms with van der Waals surface area (Å²) in [6.07, 6.45) is 1.90. The Balaban J connectivity index is 2.04. The van der Waals surface area contributed by atoms with Crippen molar-refractivity contribution in [3.05, 3.63) is 29.3 Å². The zero-order valence-electron chi connectivity index (χ0n) is 11.8. The molecule has 0 heterocycles. The molecule has 5 heteroatoms. The van der Waals surface area contributed by atoms with Gasteiger partial charge in [0, 0.05) is 18.3 Å². The Kier molecular flexibility index (Phi) is 4.27. The number of carboxylic acid groups (broad SMARTS) is 1. The summed E-state index contributed by atoms with van der Waals surface area (Å²) in [5.74, 6) is -0.879. The van der Waals surface area contributed by atoms with Crippen LogP contribution in [0.5, 0.6) is 0 Å². The molecule has 20 heavy (non-hydrogen) atoms. The second kappa shape index (κ2) is 5.94. The first-order valence-electron chi connectivity index (χ1n) is 6.84. The molecular weight excluding hydrogens is 256 g/mol. The van der Waals surface area contributed by atoms with Crippen LogP contribution in [0.2, 0.25) is 0 Å². The molecule has 2 N–H and O–H groups in total. The molecule has 0 spiro atoms. The number of carbonyl (C=O) groups excluding carboxylic acids is 1. The van der Waals surface area contributed by atoms with Crippen LogP contribution in [0.4, 0.5) is 10.5 Å². The molecule has 0 unspecified atom stereocenters. The fraction of sp³-hybridized carbons (Fsp3) is 0.467. The van der Waals surface area contributed by atoms with Crippen molar-refractivity contribution in [2.45, 2.75) is 39.2 Å². The zero-order chi connectivity index (χ0) is 14.7. The molecule has 0 aromatic heterocycles. The monoisotopic (exact) mass is 276 g/mol. The maximum atomic E-state index is 12.3. The normalized spacial score (nSPS) is 13.9. The minimum Gasteiger partial charge on any atom is -0.481 e. The van der Waals surface area contributed by atoms with Gasteiger partial charge in [0.15, 0.2) is 0 Å².